The van der Waals surface area contributed by atoms with Crippen molar-refractivity contribution >= 4 is 11.6 Å². The van der Waals surface area contributed by atoms with Gasteiger partial charge in [-0.2, -0.15) is 5.10 Å². The molecule has 1 aliphatic carbocycles. The summed E-state index contributed by atoms with van der Waals surface area (Å²) in [4.78, 5) is 11.8. The van der Waals surface area contributed by atoms with Crippen molar-refractivity contribution in [3.05, 3.63) is 42.2 Å². The number of aromatic nitrogens is 3. The van der Waals surface area contributed by atoms with E-state index in [0.717, 1.165) is 50.9 Å². The molecule has 0 spiro atoms. The summed E-state index contributed by atoms with van der Waals surface area (Å²) in [6.45, 7) is 6.48. The summed E-state index contributed by atoms with van der Waals surface area (Å²) in [7, 11) is 0. The third-order valence-corrected chi connectivity index (χ3v) is 5.66. The van der Waals surface area contributed by atoms with Crippen LogP contribution in [0.3, 0.4) is 0 Å². The first kappa shape index (κ1) is 15.1. The maximum absolute atomic E-state index is 4.47. The average molecular weight is 336 g/mol. The van der Waals surface area contributed by atoms with Gasteiger partial charge >= 0.3 is 0 Å². The second kappa shape index (κ2) is 6.26. The van der Waals surface area contributed by atoms with E-state index in [1.54, 1.807) is 0 Å². The van der Waals surface area contributed by atoms with Crippen molar-refractivity contribution in [2.24, 2.45) is 0 Å². The number of hydrogen-bond acceptors (Lipinski definition) is 6. The highest BCUT2D eigenvalue weighted by molar-refractivity contribution is 5.43. The first-order valence-electron chi connectivity index (χ1n) is 9.35. The molecule has 4 heterocycles. The van der Waals surface area contributed by atoms with E-state index >= 15 is 0 Å². The van der Waals surface area contributed by atoms with Gasteiger partial charge in [0.1, 0.15) is 5.82 Å². The van der Waals surface area contributed by atoms with Gasteiger partial charge in [-0.3, -0.25) is 4.90 Å². The van der Waals surface area contributed by atoms with Crippen molar-refractivity contribution in [1.29, 1.82) is 0 Å². The Balaban J connectivity index is 1.12. The summed E-state index contributed by atoms with van der Waals surface area (Å²) in [5.74, 6) is 2.82. The van der Waals surface area contributed by atoms with Crippen LogP contribution in [0.25, 0.3) is 0 Å². The quantitative estimate of drug-likeness (QED) is 0.848. The molecule has 0 atom stereocenters. The topological polar surface area (TPSA) is 48.4 Å². The Morgan fingerprint density at radius 1 is 0.800 bits per heavy atom. The lowest BCUT2D eigenvalue weighted by Gasteiger charge is -2.48. The largest absolute Gasteiger partial charge is 0.354 e. The molecular formula is C19H24N6. The number of piperazine rings is 1. The lowest BCUT2D eigenvalue weighted by Crippen LogP contribution is -2.63. The Morgan fingerprint density at radius 3 is 2.28 bits per heavy atom. The van der Waals surface area contributed by atoms with Crippen molar-refractivity contribution in [3.8, 4) is 0 Å². The summed E-state index contributed by atoms with van der Waals surface area (Å²) in [5.41, 5.74) is 1.17. The van der Waals surface area contributed by atoms with Crippen LogP contribution in [0, 0.1) is 0 Å². The van der Waals surface area contributed by atoms with Gasteiger partial charge in [0, 0.05) is 57.4 Å². The zero-order valence-electron chi connectivity index (χ0n) is 14.5. The third-order valence-electron chi connectivity index (χ3n) is 5.66. The van der Waals surface area contributed by atoms with Crippen LogP contribution >= 0.6 is 0 Å². The monoisotopic (exact) mass is 336 g/mol. The van der Waals surface area contributed by atoms with Gasteiger partial charge in [-0.1, -0.05) is 6.07 Å². The first-order valence-corrected chi connectivity index (χ1v) is 9.35. The minimum atomic E-state index is 0.649. The van der Waals surface area contributed by atoms with E-state index in [1.165, 1.54) is 18.5 Å². The third kappa shape index (κ3) is 3.06. The molecule has 0 radical (unpaired) electrons. The highest BCUT2D eigenvalue weighted by Crippen LogP contribution is 2.38. The summed E-state index contributed by atoms with van der Waals surface area (Å²) in [6.07, 6.45) is 4.44. The Hall–Kier alpha value is -2.21. The van der Waals surface area contributed by atoms with E-state index in [2.05, 4.69) is 54.1 Å². The number of nitrogens with zero attached hydrogens (tertiary/aromatic N) is 6. The van der Waals surface area contributed by atoms with Gasteiger partial charge in [0.25, 0.3) is 0 Å². The molecule has 0 N–H and O–H groups in total. The van der Waals surface area contributed by atoms with Crippen LogP contribution < -0.4 is 9.80 Å². The average Bonchev–Trinajstić information content (AvgIpc) is 3.48. The molecule has 3 fully saturated rings. The van der Waals surface area contributed by atoms with Crippen molar-refractivity contribution < 1.29 is 0 Å². The minimum Gasteiger partial charge on any atom is -0.354 e. The highest BCUT2D eigenvalue weighted by Gasteiger charge is 2.34. The van der Waals surface area contributed by atoms with Crippen LogP contribution in [-0.4, -0.2) is 65.4 Å². The predicted molar refractivity (Wildman–Crippen MR) is 98.0 cm³/mol. The molecule has 2 aliphatic heterocycles. The van der Waals surface area contributed by atoms with Gasteiger partial charge in [0.15, 0.2) is 5.82 Å². The predicted octanol–water partition coefficient (Wildman–Crippen LogP) is 1.76. The molecule has 1 saturated carbocycles. The summed E-state index contributed by atoms with van der Waals surface area (Å²) in [5, 5.41) is 8.84. The Kier molecular flexibility index (Phi) is 3.77. The van der Waals surface area contributed by atoms with Crippen LogP contribution in [0.15, 0.2) is 36.5 Å². The molecule has 0 bridgehead atoms. The van der Waals surface area contributed by atoms with E-state index in [1.807, 2.05) is 12.3 Å². The number of rotatable bonds is 4. The Labute approximate surface area is 148 Å². The molecule has 2 aromatic heterocycles. The van der Waals surface area contributed by atoms with E-state index in [-0.39, 0.29) is 0 Å². The van der Waals surface area contributed by atoms with E-state index in [9.17, 15) is 0 Å². The molecule has 25 heavy (non-hydrogen) atoms. The van der Waals surface area contributed by atoms with Crippen molar-refractivity contribution in [3.63, 3.8) is 0 Å². The molecule has 130 valence electrons. The molecule has 0 aromatic carbocycles. The van der Waals surface area contributed by atoms with Crippen molar-refractivity contribution in [2.75, 3.05) is 49.1 Å². The van der Waals surface area contributed by atoms with Crippen molar-refractivity contribution in [1.82, 2.24) is 20.1 Å². The highest BCUT2D eigenvalue weighted by atomic mass is 15.4. The number of anilines is 2. The fourth-order valence-electron chi connectivity index (χ4n) is 3.83. The van der Waals surface area contributed by atoms with Crippen LogP contribution in [0.4, 0.5) is 11.6 Å². The molecule has 2 aromatic rings. The molecule has 5 rings (SSSR count). The molecule has 6 heteroatoms. The number of pyridine rings is 1. The molecular weight excluding hydrogens is 312 g/mol. The van der Waals surface area contributed by atoms with E-state index in [0.29, 0.717) is 12.0 Å². The lowest BCUT2D eigenvalue weighted by molar-refractivity contribution is 0.156. The standard InChI is InChI=1S/C19H24N6/c1-2-8-20-18(3-1)24-11-9-23(10-12-24)16-13-25(14-16)19-7-6-17(21-22-19)15-4-5-15/h1-3,6-8,15-16H,4-5,9-14H2. The summed E-state index contributed by atoms with van der Waals surface area (Å²) < 4.78 is 0. The maximum Gasteiger partial charge on any atom is 0.151 e. The van der Waals surface area contributed by atoms with Crippen LogP contribution in [0.1, 0.15) is 24.5 Å². The van der Waals surface area contributed by atoms with Gasteiger partial charge in [-0.15, -0.1) is 5.10 Å². The molecule has 6 nitrogen and oxygen atoms in total. The van der Waals surface area contributed by atoms with Gasteiger partial charge in [0.05, 0.1) is 5.69 Å². The van der Waals surface area contributed by atoms with Crippen molar-refractivity contribution in [2.45, 2.75) is 24.8 Å². The Bertz CT molecular complexity index is 700. The van der Waals surface area contributed by atoms with E-state index < -0.39 is 0 Å². The zero-order chi connectivity index (χ0) is 16.6. The van der Waals surface area contributed by atoms with E-state index in [4.69, 9.17) is 0 Å². The SMILES string of the molecule is c1ccc(N2CCN(C3CN(c4ccc(C5CC5)nn4)C3)CC2)nc1. The minimum absolute atomic E-state index is 0.649. The van der Waals surface area contributed by atoms with Gasteiger partial charge < -0.3 is 9.80 Å². The first-order chi connectivity index (χ1) is 12.4. The fourth-order valence-corrected chi connectivity index (χ4v) is 3.83. The zero-order valence-corrected chi connectivity index (χ0v) is 14.5. The van der Waals surface area contributed by atoms with Gasteiger partial charge in [-0.05, 0) is 37.1 Å². The molecule has 0 unspecified atom stereocenters. The second-order valence-corrected chi connectivity index (χ2v) is 7.36. The normalized spacial score (nSPS) is 22.1. The second-order valence-electron chi connectivity index (χ2n) is 7.36. The number of hydrogen-bond donors (Lipinski definition) is 0. The Morgan fingerprint density at radius 2 is 1.64 bits per heavy atom. The molecule has 3 aliphatic rings. The van der Waals surface area contributed by atoms with Crippen LogP contribution in [0.5, 0.6) is 0 Å². The summed E-state index contributed by atoms with van der Waals surface area (Å²) >= 11 is 0. The van der Waals surface area contributed by atoms with Crippen LogP contribution in [0.2, 0.25) is 0 Å². The smallest absolute Gasteiger partial charge is 0.151 e. The van der Waals surface area contributed by atoms with Gasteiger partial charge in [-0.25, -0.2) is 4.98 Å². The molecule has 2 saturated heterocycles. The molecule has 0 amide bonds. The maximum atomic E-state index is 4.47. The lowest BCUT2D eigenvalue weighted by atomic mass is 10.1. The summed E-state index contributed by atoms with van der Waals surface area (Å²) in [6, 6.07) is 11.1. The van der Waals surface area contributed by atoms with Gasteiger partial charge in [0.2, 0.25) is 0 Å². The van der Waals surface area contributed by atoms with Crippen LogP contribution in [-0.2, 0) is 0 Å². The fraction of sp³-hybridized carbons (Fsp3) is 0.526.